The topological polar surface area (TPSA) is 26.3 Å². The second-order valence-electron chi connectivity index (χ2n) is 4.81. The fourth-order valence-corrected chi connectivity index (χ4v) is 1.78. The molecule has 0 aliphatic rings. The summed E-state index contributed by atoms with van der Waals surface area (Å²) >= 11 is 0. The van der Waals surface area contributed by atoms with Gasteiger partial charge < -0.3 is 4.74 Å². The molecule has 0 heterocycles. The largest absolute Gasteiger partial charge is 0.461 e. The number of ether oxygens (including phenoxy) is 1. The Labute approximate surface area is 113 Å². The van der Waals surface area contributed by atoms with E-state index in [1.165, 1.54) is 38.5 Å². The Balaban J connectivity index is 3.25. The smallest absolute Gasteiger partial charge is 0.306 e. The molecule has 0 bridgehead atoms. The monoisotopic (exact) mass is 254 g/mol. The molecule has 0 saturated carbocycles. The average molecular weight is 254 g/mol. The zero-order chi connectivity index (χ0) is 13.5. The van der Waals surface area contributed by atoms with E-state index >= 15 is 0 Å². The molecule has 0 saturated heterocycles. The minimum atomic E-state index is -0.0539. The van der Waals surface area contributed by atoms with E-state index in [0.717, 1.165) is 19.3 Å². The zero-order valence-corrected chi connectivity index (χ0v) is 12.2. The number of allylic oxidation sites excluding steroid dienone is 1. The van der Waals surface area contributed by atoms with Gasteiger partial charge in [0.1, 0.15) is 6.61 Å². The maximum atomic E-state index is 11.3. The van der Waals surface area contributed by atoms with Crippen molar-refractivity contribution in [1.82, 2.24) is 0 Å². The van der Waals surface area contributed by atoms with Crippen LogP contribution in [-0.4, -0.2) is 12.6 Å². The van der Waals surface area contributed by atoms with Crippen molar-refractivity contribution in [2.24, 2.45) is 0 Å². The predicted molar refractivity (Wildman–Crippen MR) is 77.6 cm³/mol. The van der Waals surface area contributed by atoms with Crippen LogP contribution in [0.1, 0.15) is 78.1 Å². The quantitative estimate of drug-likeness (QED) is 0.277. The van der Waals surface area contributed by atoms with Crippen molar-refractivity contribution < 1.29 is 9.53 Å². The number of hydrogen-bond acceptors (Lipinski definition) is 2. The van der Waals surface area contributed by atoms with Crippen LogP contribution in [0.5, 0.6) is 0 Å². The summed E-state index contributed by atoms with van der Waals surface area (Å²) < 4.78 is 5.12. The van der Waals surface area contributed by atoms with Gasteiger partial charge >= 0.3 is 5.97 Å². The molecule has 106 valence electrons. The summed E-state index contributed by atoms with van der Waals surface area (Å²) in [7, 11) is 0. The minimum absolute atomic E-state index is 0.0539. The van der Waals surface area contributed by atoms with Gasteiger partial charge in [-0.05, 0) is 19.3 Å². The van der Waals surface area contributed by atoms with Crippen molar-refractivity contribution in [3.63, 3.8) is 0 Å². The highest BCUT2D eigenvalue weighted by Gasteiger charge is 2.00. The van der Waals surface area contributed by atoms with Crippen molar-refractivity contribution in [3.8, 4) is 0 Å². The summed E-state index contributed by atoms with van der Waals surface area (Å²) in [6, 6.07) is 0. The molecule has 0 aliphatic carbocycles. The van der Waals surface area contributed by atoms with Gasteiger partial charge in [-0.1, -0.05) is 64.5 Å². The molecule has 0 atom stereocenters. The summed E-state index contributed by atoms with van der Waals surface area (Å²) in [5.41, 5.74) is 0. The highest BCUT2D eigenvalue weighted by atomic mass is 16.5. The molecular weight excluding hydrogens is 224 g/mol. The van der Waals surface area contributed by atoms with Crippen LogP contribution in [-0.2, 0) is 9.53 Å². The van der Waals surface area contributed by atoms with Crippen LogP contribution in [0.15, 0.2) is 12.2 Å². The number of rotatable bonds is 12. The SMILES string of the molecule is CCCCCC/C=C\COC(=O)CCCCCC. The molecule has 0 fully saturated rings. The van der Waals surface area contributed by atoms with Gasteiger partial charge in [0.2, 0.25) is 0 Å². The van der Waals surface area contributed by atoms with Crippen molar-refractivity contribution in [2.45, 2.75) is 78.1 Å². The molecule has 0 spiro atoms. The number of carbonyl (C=O) groups is 1. The standard InChI is InChI=1S/C16H30O2/c1-3-5-7-9-10-11-13-15-18-16(17)14-12-8-6-4-2/h11,13H,3-10,12,14-15H2,1-2H3/b13-11-. The van der Waals surface area contributed by atoms with Crippen LogP contribution in [0.4, 0.5) is 0 Å². The minimum Gasteiger partial charge on any atom is -0.461 e. The maximum Gasteiger partial charge on any atom is 0.306 e. The molecule has 0 rings (SSSR count). The van der Waals surface area contributed by atoms with E-state index in [1.54, 1.807) is 0 Å². The summed E-state index contributed by atoms with van der Waals surface area (Å²) in [6.07, 6.45) is 15.4. The van der Waals surface area contributed by atoms with Crippen LogP contribution in [0, 0.1) is 0 Å². The Morgan fingerprint density at radius 1 is 0.889 bits per heavy atom. The second kappa shape index (κ2) is 14.3. The van der Waals surface area contributed by atoms with E-state index in [0.29, 0.717) is 13.0 Å². The van der Waals surface area contributed by atoms with Gasteiger partial charge in [0.15, 0.2) is 0 Å². The van der Waals surface area contributed by atoms with E-state index in [-0.39, 0.29) is 5.97 Å². The van der Waals surface area contributed by atoms with E-state index in [1.807, 2.05) is 6.08 Å². The van der Waals surface area contributed by atoms with E-state index in [9.17, 15) is 4.79 Å². The molecular formula is C16H30O2. The lowest BCUT2D eigenvalue weighted by atomic mass is 10.1. The highest BCUT2D eigenvalue weighted by molar-refractivity contribution is 5.69. The van der Waals surface area contributed by atoms with Gasteiger partial charge in [-0.2, -0.15) is 0 Å². The molecule has 0 aromatic heterocycles. The van der Waals surface area contributed by atoms with Gasteiger partial charge in [-0.3, -0.25) is 4.79 Å². The molecule has 0 radical (unpaired) electrons. The molecule has 0 unspecified atom stereocenters. The van der Waals surface area contributed by atoms with Gasteiger partial charge in [0.05, 0.1) is 0 Å². The zero-order valence-electron chi connectivity index (χ0n) is 12.2. The predicted octanol–water partition coefficient (Wildman–Crippen LogP) is 5.03. The molecule has 0 amide bonds. The van der Waals surface area contributed by atoms with Crippen LogP contribution in [0.2, 0.25) is 0 Å². The van der Waals surface area contributed by atoms with Crippen LogP contribution < -0.4 is 0 Å². The lowest BCUT2D eigenvalue weighted by molar-refractivity contribution is -0.142. The molecule has 2 nitrogen and oxygen atoms in total. The Hall–Kier alpha value is -0.790. The third-order valence-corrected chi connectivity index (χ3v) is 2.97. The summed E-state index contributed by atoms with van der Waals surface area (Å²) in [6.45, 7) is 4.83. The number of unbranched alkanes of at least 4 members (excludes halogenated alkanes) is 7. The Bertz CT molecular complexity index is 209. The van der Waals surface area contributed by atoms with Gasteiger partial charge in [0, 0.05) is 6.42 Å². The first-order chi connectivity index (χ1) is 8.81. The Morgan fingerprint density at radius 2 is 1.56 bits per heavy atom. The third-order valence-electron chi connectivity index (χ3n) is 2.97. The van der Waals surface area contributed by atoms with Crippen molar-refractivity contribution in [1.29, 1.82) is 0 Å². The van der Waals surface area contributed by atoms with Crippen molar-refractivity contribution >= 4 is 5.97 Å². The fourth-order valence-electron chi connectivity index (χ4n) is 1.78. The molecule has 0 N–H and O–H groups in total. The number of esters is 1. The maximum absolute atomic E-state index is 11.3. The van der Waals surface area contributed by atoms with Gasteiger partial charge in [0.25, 0.3) is 0 Å². The lowest BCUT2D eigenvalue weighted by Gasteiger charge is -2.01. The second-order valence-corrected chi connectivity index (χ2v) is 4.81. The fraction of sp³-hybridized carbons (Fsp3) is 0.812. The van der Waals surface area contributed by atoms with Gasteiger partial charge in [-0.15, -0.1) is 0 Å². The Kier molecular flexibility index (Phi) is 13.6. The van der Waals surface area contributed by atoms with Crippen molar-refractivity contribution in [3.05, 3.63) is 12.2 Å². The van der Waals surface area contributed by atoms with Crippen LogP contribution >= 0.6 is 0 Å². The molecule has 0 aromatic rings. The number of hydrogen-bond donors (Lipinski definition) is 0. The first kappa shape index (κ1) is 17.2. The van der Waals surface area contributed by atoms with Crippen LogP contribution in [0.3, 0.4) is 0 Å². The molecule has 18 heavy (non-hydrogen) atoms. The first-order valence-electron chi connectivity index (χ1n) is 7.61. The number of carbonyl (C=O) groups excluding carboxylic acids is 1. The molecule has 2 heteroatoms. The van der Waals surface area contributed by atoms with Crippen LogP contribution in [0.25, 0.3) is 0 Å². The van der Waals surface area contributed by atoms with E-state index in [4.69, 9.17) is 4.74 Å². The molecule has 0 aliphatic heterocycles. The summed E-state index contributed by atoms with van der Waals surface area (Å²) in [5, 5.41) is 0. The average Bonchev–Trinajstić information content (AvgIpc) is 2.38. The van der Waals surface area contributed by atoms with E-state index in [2.05, 4.69) is 19.9 Å². The first-order valence-corrected chi connectivity index (χ1v) is 7.61. The normalized spacial score (nSPS) is 11.0. The Morgan fingerprint density at radius 3 is 2.22 bits per heavy atom. The third kappa shape index (κ3) is 13.3. The lowest BCUT2D eigenvalue weighted by Crippen LogP contribution is -2.03. The van der Waals surface area contributed by atoms with E-state index < -0.39 is 0 Å². The summed E-state index contributed by atoms with van der Waals surface area (Å²) in [5.74, 6) is -0.0539. The van der Waals surface area contributed by atoms with Crippen molar-refractivity contribution in [2.75, 3.05) is 6.61 Å². The molecule has 0 aromatic carbocycles. The highest BCUT2D eigenvalue weighted by Crippen LogP contribution is 2.04. The van der Waals surface area contributed by atoms with Gasteiger partial charge in [-0.25, -0.2) is 0 Å². The summed E-state index contributed by atoms with van der Waals surface area (Å²) in [4.78, 5) is 11.3.